The zero-order valence-corrected chi connectivity index (χ0v) is 16.0. The molecule has 0 saturated heterocycles. The molecule has 0 saturated carbocycles. The van der Waals surface area contributed by atoms with Gasteiger partial charge in [-0.3, -0.25) is 4.90 Å². The van der Waals surface area contributed by atoms with Crippen molar-refractivity contribution in [2.45, 2.75) is 24.7 Å². The minimum atomic E-state index is -0.416. The van der Waals surface area contributed by atoms with Gasteiger partial charge in [0.15, 0.2) is 5.16 Å². The second kappa shape index (κ2) is 9.07. The molecular weight excluding hydrogens is 346 g/mol. The number of hydrogen-bond acceptors (Lipinski definition) is 5. The Morgan fingerprint density at radius 3 is 2.81 bits per heavy atom. The summed E-state index contributed by atoms with van der Waals surface area (Å²) in [7, 11) is 2.03. The molecule has 6 heteroatoms. The lowest BCUT2D eigenvalue weighted by molar-refractivity contribution is 0.142. The number of nitrogens with one attached hydrogen (secondary N) is 1. The van der Waals surface area contributed by atoms with E-state index in [4.69, 9.17) is 4.74 Å². The fourth-order valence-corrected chi connectivity index (χ4v) is 3.64. The van der Waals surface area contributed by atoms with E-state index in [0.717, 1.165) is 28.5 Å². The molecule has 1 heterocycles. The Kier molecular flexibility index (Phi) is 6.55. The van der Waals surface area contributed by atoms with Crippen LogP contribution in [-0.2, 0) is 6.54 Å². The third-order valence-electron chi connectivity index (χ3n) is 3.97. The van der Waals surface area contributed by atoms with Gasteiger partial charge in [-0.15, -0.1) is 0 Å². The summed E-state index contributed by atoms with van der Waals surface area (Å²) in [4.78, 5) is 9.98. The first-order valence-electron chi connectivity index (χ1n) is 8.80. The molecule has 0 aliphatic rings. The van der Waals surface area contributed by atoms with Crippen LogP contribution in [0, 0.1) is 0 Å². The SMILES string of the molecule is CCOc1ccc2nc(SCC(O)CN(C)Cc3ccccc3)[nH]c2c1. The van der Waals surface area contributed by atoms with Crippen molar-refractivity contribution in [1.82, 2.24) is 14.9 Å². The van der Waals surface area contributed by atoms with Crippen molar-refractivity contribution in [3.05, 3.63) is 54.1 Å². The topological polar surface area (TPSA) is 61.4 Å². The minimum absolute atomic E-state index is 0.416. The number of nitrogens with zero attached hydrogens (tertiary/aromatic N) is 2. The van der Waals surface area contributed by atoms with Crippen LogP contribution in [0.3, 0.4) is 0 Å². The van der Waals surface area contributed by atoms with Crippen molar-refractivity contribution >= 4 is 22.8 Å². The quantitative estimate of drug-likeness (QED) is 0.563. The lowest BCUT2D eigenvalue weighted by atomic mass is 10.2. The van der Waals surface area contributed by atoms with Crippen LogP contribution in [0.1, 0.15) is 12.5 Å². The molecule has 2 N–H and O–H groups in total. The molecule has 0 spiro atoms. The fraction of sp³-hybridized carbons (Fsp3) is 0.350. The Bertz CT molecular complexity index is 822. The van der Waals surface area contributed by atoms with Crippen molar-refractivity contribution in [2.24, 2.45) is 0 Å². The molecule has 3 aromatic rings. The predicted octanol–water partition coefficient (Wildman–Crippen LogP) is 3.55. The smallest absolute Gasteiger partial charge is 0.166 e. The van der Waals surface area contributed by atoms with Crippen molar-refractivity contribution in [1.29, 1.82) is 0 Å². The number of H-pyrrole nitrogens is 1. The van der Waals surface area contributed by atoms with Crippen LogP contribution in [-0.4, -0.2) is 52.0 Å². The highest BCUT2D eigenvalue weighted by atomic mass is 32.2. The van der Waals surface area contributed by atoms with Crippen molar-refractivity contribution in [3.8, 4) is 5.75 Å². The van der Waals surface area contributed by atoms with Crippen LogP contribution in [0.2, 0.25) is 0 Å². The number of thioether (sulfide) groups is 1. The van der Waals surface area contributed by atoms with E-state index in [1.807, 2.05) is 50.4 Å². The maximum absolute atomic E-state index is 10.3. The van der Waals surface area contributed by atoms with E-state index in [0.29, 0.717) is 18.9 Å². The first-order valence-corrected chi connectivity index (χ1v) is 9.78. The van der Waals surface area contributed by atoms with Crippen LogP contribution < -0.4 is 4.74 Å². The summed E-state index contributed by atoms with van der Waals surface area (Å²) >= 11 is 1.54. The molecule has 26 heavy (non-hydrogen) atoms. The molecule has 0 amide bonds. The van der Waals surface area contributed by atoms with E-state index < -0.39 is 6.10 Å². The first-order chi connectivity index (χ1) is 12.6. The average molecular weight is 372 g/mol. The summed E-state index contributed by atoms with van der Waals surface area (Å²) in [6, 6.07) is 16.1. The summed E-state index contributed by atoms with van der Waals surface area (Å²) in [6.45, 7) is 4.06. The highest BCUT2D eigenvalue weighted by molar-refractivity contribution is 7.99. The molecule has 0 aliphatic heterocycles. The van der Waals surface area contributed by atoms with Crippen LogP contribution in [0.25, 0.3) is 11.0 Å². The van der Waals surface area contributed by atoms with Crippen molar-refractivity contribution < 1.29 is 9.84 Å². The lowest BCUT2D eigenvalue weighted by Crippen LogP contribution is -2.30. The van der Waals surface area contributed by atoms with Crippen LogP contribution >= 0.6 is 11.8 Å². The molecule has 138 valence electrons. The maximum Gasteiger partial charge on any atom is 0.166 e. The van der Waals surface area contributed by atoms with Crippen molar-refractivity contribution in [2.75, 3.05) is 26.0 Å². The largest absolute Gasteiger partial charge is 0.494 e. The van der Waals surface area contributed by atoms with Crippen LogP contribution in [0.15, 0.2) is 53.7 Å². The number of aromatic amines is 1. The van der Waals surface area contributed by atoms with E-state index in [9.17, 15) is 5.11 Å². The molecule has 1 aromatic heterocycles. The van der Waals surface area contributed by atoms with E-state index in [2.05, 4.69) is 27.0 Å². The van der Waals surface area contributed by atoms with E-state index in [-0.39, 0.29) is 0 Å². The molecule has 0 bridgehead atoms. The lowest BCUT2D eigenvalue weighted by Gasteiger charge is -2.20. The van der Waals surface area contributed by atoms with E-state index in [1.165, 1.54) is 17.3 Å². The Balaban J connectivity index is 1.50. The monoisotopic (exact) mass is 371 g/mol. The number of likely N-dealkylation sites (N-methyl/N-ethyl adjacent to an activating group) is 1. The Morgan fingerprint density at radius 1 is 1.23 bits per heavy atom. The number of rotatable bonds is 9. The third kappa shape index (κ3) is 5.24. The van der Waals surface area contributed by atoms with E-state index in [1.54, 1.807) is 0 Å². The van der Waals surface area contributed by atoms with Gasteiger partial charge in [0.1, 0.15) is 5.75 Å². The number of benzene rings is 2. The second-order valence-electron chi connectivity index (χ2n) is 6.30. The number of imidazole rings is 1. The molecule has 0 fully saturated rings. The van der Waals surface area contributed by atoms with Gasteiger partial charge in [-0.25, -0.2) is 4.98 Å². The van der Waals surface area contributed by atoms with Crippen LogP contribution in [0.4, 0.5) is 0 Å². The van der Waals surface area contributed by atoms with Crippen LogP contribution in [0.5, 0.6) is 5.75 Å². The predicted molar refractivity (Wildman–Crippen MR) is 107 cm³/mol. The molecular formula is C20H25N3O2S. The van der Waals surface area contributed by atoms with Gasteiger partial charge in [-0.2, -0.15) is 0 Å². The Morgan fingerprint density at radius 2 is 2.04 bits per heavy atom. The van der Waals surface area contributed by atoms with Gasteiger partial charge >= 0.3 is 0 Å². The Hall–Kier alpha value is -2.02. The van der Waals surface area contributed by atoms with Crippen molar-refractivity contribution in [3.63, 3.8) is 0 Å². The van der Waals surface area contributed by atoms with Gasteiger partial charge in [-0.05, 0) is 31.7 Å². The number of aliphatic hydroxyl groups excluding tert-OH is 1. The minimum Gasteiger partial charge on any atom is -0.494 e. The zero-order valence-electron chi connectivity index (χ0n) is 15.2. The number of aromatic nitrogens is 2. The normalized spacial score (nSPS) is 12.6. The maximum atomic E-state index is 10.3. The molecule has 2 aromatic carbocycles. The highest BCUT2D eigenvalue weighted by Gasteiger charge is 2.11. The summed E-state index contributed by atoms with van der Waals surface area (Å²) in [5, 5.41) is 11.1. The highest BCUT2D eigenvalue weighted by Crippen LogP contribution is 2.23. The van der Waals surface area contributed by atoms with Gasteiger partial charge < -0.3 is 14.8 Å². The first kappa shape index (κ1) is 18.8. The summed E-state index contributed by atoms with van der Waals surface area (Å²) in [5.41, 5.74) is 3.11. The molecule has 5 nitrogen and oxygen atoms in total. The van der Waals surface area contributed by atoms with Gasteiger partial charge in [-0.1, -0.05) is 42.1 Å². The second-order valence-corrected chi connectivity index (χ2v) is 7.31. The average Bonchev–Trinajstić information content (AvgIpc) is 3.03. The molecule has 0 radical (unpaired) electrons. The number of fused-ring (bicyclic) bond motifs is 1. The van der Waals surface area contributed by atoms with E-state index >= 15 is 0 Å². The fourth-order valence-electron chi connectivity index (χ4n) is 2.84. The van der Waals surface area contributed by atoms with Gasteiger partial charge in [0.25, 0.3) is 0 Å². The summed E-state index contributed by atoms with van der Waals surface area (Å²) < 4.78 is 5.51. The van der Waals surface area contributed by atoms with Gasteiger partial charge in [0.05, 0.1) is 23.7 Å². The molecule has 0 aliphatic carbocycles. The number of ether oxygens (including phenoxy) is 1. The van der Waals surface area contributed by atoms with Gasteiger partial charge in [0.2, 0.25) is 0 Å². The number of aliphatic hydroxyl groups is 1. The summed E-state index contributed by atoms with van der Waals surface area (Å²) in [5.74, 6) is 1.43. The zero-order chi connectivity index (χ0) is 18.4. The number of hydrogen-bond donors (Lipinski definition) is 2. The molecule has 1 atom stereocenters. The summed E-state index contributed by atoms with van der Waals surface area (Å²) in [6.07, 6.45) is -0.416. The van der Waals surface area contributed by atoms with Gasteiger partial charge in [0, 0.05) is 24.9 Å². The Labute approximate surface area is 158 Å². The standard InChI is InChI=1S/C20H25N3O2S/c1-3-25-17-9-10-18-19(11-17)22-20(21-18)26-14-16(24)13-23(2)12-15-7-5-4-6-8-15/h4-11,16,24H,3,12-14H2,1-2H3,(H,21,22). The molecule has 3 rings (SSSR count). The third-order valence-corrected chi connectivity index (χ3v) is 4.99. The molecule has 1 unspecified atom stereocenters.